The highest BCUT2D eigenvalue weighted by Gasteiger charge is 2.29. The number of hydrogen-bond acceptors (Lipinski definition) is 6. The van der Waals surface area contributed by atoms with Crippen molar-refractivity contribution >= 4 is 29.9 Å². The number of nitrogens with zero attached hydrogens (tertiary/aromatic N) is 1. The van der Waals surface area contributed by atoms with Gasteiger partial charge in [-0.25, -0.2) is 4.21 Å². The lowest BCUT2D eigenvalue weighted by Gasteiger charge is -2.22. The van der Waals surface area contributed by atoms with Gasteiger partial charge in [0.2, 0.25) is 0 Å². The molecule has 2 aromatic carbocycles. The maximum Gasteiger partial charge on any atom is 0.290 e. The minimum Gasteiger partial charge on any atom is -0.266 e. The lowest BCUT2D eigenvalue weighted by Crippen LogP contribution is -2.31. The Hall–Kier alpha value is -1.75. The molecule has 0 amide bonds. The molecule has 0 bridgehead atoms. The van der Waals surface area contributed by atoms with Gasteiger partial charge in [-0.15, -0.1) is 3.77 Å². The average molecular weight is 460 g/mol. The van der Waals surface area contributed by atoms with Crippen LogP contribution >= 0.6 is 0 Å². The number of aryl methyl sites for hydroxylation is 1. The smallest absolute Gasteiger partial charge is 0.266 e. The molecule has 0 N–H and O–H groups in total. The van der Waals surface area contributed by atoms with Gasteiger partial charge in [0.1, 0.15) is 0 Å². The molecule has 160 valence electrons. The fraction of sp³-hybridized carbons (Fsp3) is 0.368. The van der Waals surface area contributed by atoms with E-state index in [4.69, 9.17) is 4.18 Å². The predicted molar refractivity (Wildman–Crippen MR) is 113 cm³/mol. The molecule has 2 rings (SSSR count). The number of hydrogen-bond donors (Lipinski definition) is 0. The van der Waals surface area contributed by atoms with Crippen LogP contribution in [-0.4, -0.2) is 39.2 Å². The molecule has 2 aromatic rings. The topological polar surface area (TPSA) is 107 Å². The highest BCUT2D eigenvalue weighted by atomic mass is 32.3. The first kappa shape index (κ1) is 23.5. The van der Waals surface area contributed by atoms with E-state index < -0.39 is 36.0 Å². The van der Waals surface area contributed by atoms with Crippen molar-refractivity contribution in [1.29, 1.82) is 0 Å². The molecule has 0 saturated heterocycles. The molecule has 0 heterocycles. The van der Waals surface area contributed by atoms with Crippen LogP contribution in [0.3, 0.4) is 0 Å². The van der Waals surface area contributed by atoms with E-state index in [2.05, 4.69) is 3.77 Å². The number of benzene rings is 2. The fourth-order valence-corrected chi connectivity index (χ4v) is 7.67. The first-order valence-electron chi connectivity index (χ1n) is 8.83. The summed E-state index contributed by atoms with van der Waals surface area (Å²) in [5.41, 5.74) is 0.870. The Balaban J connectivity index is 2.64. The molecule has 0 saturated carbocycles. The number of rotatable bonds is 8. The van der Waals surface area contributed by atoms with Crippen molar-refractivity contribution in [3.8, 4) is 0 Å². The molecule has 0 aliphatic rings. The van der Waals surface area contributed by atoms with Gasteiger partial charge in [-0.05, 0) is 37.1 Å². The van der Waals surface area contributed by atoms with Crippen LogP contribution in [-0.2, 0) is 34.1 Å². The Morgan fingerprint density at radius 3 is 1.90 bits per heavy atom. The first-order valence-corrected chi connectivity index (χ1v) is 13.8. The molecule has 0 spiro atoms. The van der Waals surface area contributed by atoms with Gasteiger partial charge >= 0.3 is 0 Å². The molecular formula is C19H25NO6S3. The quantitative estimate of drug-likeness (QED) is 0.561. The summed E-state index contributed by atoms with van der Waals surface area (Å²) in [7, 11) is -11.6. The molecule has 0 radical (unpaired) electrons. The zero-order chi connectivity index (χ0) is 21.9. The monoisotopic (exact) mass is 459 g/mol. The largest absolute Gasteiger partial charge is 0.290 e. The van der Waals surface area contributed by atoms with Crippen LogP contribution in [0.25, 0.3) is 0 Å². The van der Waals surface area contributed by atoms with Crippen LogP contribution in [0.5, 0.6) is 0 Å². The van der Waals surface area contributed by atoms with Gasteiger partial charge in [-0.3, -0.25) is 4.18 Å². The van der Waals surface area contributed by atoms with Crippen molar-refractivity contribution < 1.29 is 25.2 Å². The van der Waals surface area contributed by atoms with Crippen LogP contribution in [0.4, 0.5) is 0 Å². The zero-order valence-electron chi connectivity index (χ0n) is 16.7. The summed E-state index contributed by atoms with van der Waals surface area (Å²) in [5.74, 6) is -0.723. The van der Waals surface area contributed by atoms with E-state index in [-0.39, 0.29) is 21.5 Å². The minimum atomic E-state index is -4.25. The average Bonchev–Trinajstić information content (AvgIpc) is 2.60. The van der Waals surface area contributed by atoms with Gasteiger partial charge < -0.3 is 0 Å². The van der Waals surface area contributed by atoms with E-state index >= 15 is 0 Å². The maximum atomic E-state index is 13.8. The Labute approximate surface area is 173 Å². The molecule has 10 heteroatoms. The summed E-state index contributed by atoms with van der Waals surface area (Å²) in [6.45, 7) is 5.22. The second kappa shape index (κ2) is 8.95. The lowest BCUT2D eigenvalue weighted by atomic mass is 10.1. The third-order valence-corrected chi connectivity index (χ3v) is 9.08. The standard InChI is InChI=1S/C19H25NO6S3/c1-15(2)19(26-27(4,21)22)14-28(23,17-8-6-5-7-9-17)20-29(24,25)18-12-10-16(3)11-13-18/h5-13,15,19H,14H2,1-4H3/t19-,28-/m1/s1. The Kier molecular flexibility index (Phi) is 7.26. The van der Waals surface area contributed by atoms with Gasteiger partial charge in [0.15, 0.2) is 0 Å². The fourth-order valence-electron chi connectivity index (χ4n) is 2.49. The minimum absolute atomic E-state index is 0.0862. The summed E-state index contributed by atoms with van der Waals surface area (Å²) < 4.78 is 71.7. The lowest BCUT2D eigenvalue weighted by molar-refractivity contribution is 0.183. The van der Waals surface area contributed by atoms with Crippen molar-refractivity contribution in [3.63, 3.8) is 0 Å². The summed E-state index contributed by atoms with van der Waals surface area (Å²) in [6, 6.07) is 14.0. The van der Waals surface area contributed by atoms with E-state index in [9.17, 15) is 21.0 Å². The molecule has 2 atom stereocenters. The van der Waals surface area contributed by atoms with E-state index in [1.54, 1.807) is 44.2 Å². The van der Waals surface area contributed by atoms with Crippen molar-refractivity contribution in [3.05, 3.63) is 60.2 Å². The second-order valence-corrected chi connectivity index (χ2v) is 12.8. The molecule has 0 aliphatic carbocycles. The first-order chi connectivity index (χ1) is 13.3. The summed E-state index contributed by atoms with van der Waals surface area (Å²) >= 11 is 0. The molecule has 29 heavy (non-hydrogen) atoms. The van der Waals surface area contributed by atoms with Crippen molar-refractivity contribution in [2.75, 3.05) is 12.0 Å². The molecule has 0 aromatic heterocycles. The van der Waals surface area contributed by atoms with E-state index in [1.165, 1.54) is 24.3 Å². The van der Waals surface area contributed by atoms with Gasteiger partial charge in [-0.1, -0.05) is 49.7 Å². The van der Waals surface area contributed by atoms with Gasteiger partial charge in [0.25, 0.3) is 20.1 Å². The van der Waals surface area contributed by atoms with Crippen molar-refractivity contribution in [2.24, 2.45) is 9.69 Å². The molecule has 7 nitrogen and oxygen atoms in total. The summed E-state index contributed by atoms with van der Waals surface area (Å²) in [4.78, 5) is 0.107. The molecule has 0 aliphatic heterocycles. The second-order valence-electron chi connectivity index (χ2n) is 7.07. The summed E-state index contributed by atoms with van der Waals surface area (Å²) in [6.07, 6.45) is -0.109. The highest BCUT2D eigenvalue weighted by molar-refractivity contribution is 8.03. The van der Waals surface area contributed by atoms with Crippen molar-refractivity contribution in [1.82, 2.24) is 0 Å². The van der Waals surface area contributed by atoms with Crippen LogP contribution in [0, 0.1) is 12.8 Å². The van der Waals surface area contributed by atoms with Crippen molar-refractivity contribution in [2.45, 2.75) is 36.7 Å². The molecule has 0 fully saturated rings. The van der Waals surface area contributed by atoms with Gasteiger partial charge in [0.05, 0.1) is 32.7 Å². The molecular weight excluding hydrogens is 434 g/mol. The SMILES string of the molecule is Cc1ccc(S(=O)(=O)N=[S@@](=O)(C[C@@H](OS(C)(=O)=O)C(C)C)c2ccccc2)cc1. The zero-order valence-corrected chi connectivity index (χ0v) is 19.1. The van der Waals surface area contributed by atoms with E-state index in [0.717, 1.165) is 11.8 Å². The third-order valence-electron chi connectivity index (χ3n) is 4.08. The maximum absolute atomic E-state index is 13.8. The summed E-state index contributed by atoms with van der Waals surface area (Å²) in [5, 5.41) is 0. The Bertz CT molecular complexity index is 1160. The van der Waals surface area contributed by atoms with Crippen LogP contribution in [0.15, 0.2) is 68.2 Å². The van der Waals surface area contributed by atoms with Gasteiger partial charge in [-0.2, -0.15) is 16.8 Å². The Morgan fingerprint density at radius 1 is 0.862 bits per heavy atom. The number of sulfonamides is 1. The Morgan fingerprint density at radius 2 is 1.41 bits per heavy atom. The normalized spacial score (nSPS) is 15.6. The van der Waals surface area contributed by atoms with Gasteiger partial charge in [0, 0.05) is 4.90 Å². The van der Waals surface area contributed by atoms with E-state index in [1.807, 2.05) is 6.92 Å². The highest BCUT2D eigenvalue weighted by Crippen LogP contribution is 2.24. The van der Waals surface area contributed by atoms with E-state index in [0.29, 0.717) is 0 Å². The predicted octanol–water partition coefficient (Wildman–Crippen LogP) is 3.21. The third kappa shape index (κ3) is 6.63. The van der Waals surface area contributed by atoms with Crippen LogP contribution in [0.2, 0.25) is 0 Å². The van der Waals surface area contributed by atoms with Crippen LogP contribution in [0.1, 0.15) is 19.4 Å². The van der Waals surface area contributed by atoms with Crippen LogP contribution < -0.4 is 0 Å². The molecule has 0 unspecified atom stereocenters.